The number of nitrogens with zero attached hydrogens (tertiary/aromatic N) is 2. The lowest BCUT2D eigenvalue weighted by molar-refractivity contribution is -0.121. The Kier molecular flexibility index (Phi) is 7.24. The molecule has 1 fully saturated rings. The van der Waals surface area contributed by atoms with Crippen molar-refractivity contribution in [1.82, 2.24) is 4.90 Å². The molecule has 1 atom stereocenters. The predicted molar refractivity (Wildman–Crippen MR) is 119 cm³/mol. The van der Waals surface area contributed by atoms with Crippen LogP contribution in [-0.4, -0.2) is 43.5 Å². The molecule has 1 N–H and O–H groups in total. The number of ether oxygens (including phenoxy) is 1. The molecular weight excluding hydrogens is 398 g/mol. The van der Waals surface area contributed by atoms with Crippen LogP contribution in [0.2, 0.25) is 0 Å². The van der Waals surface area contributed by atoms with Gasteiger partial charge in [0.15, 0.2) is 0 Å². The number of piperidine rings is 1. The Morgan fingerprint density at radius 1 is 1.33 bits per heavy atom. The lowest BCUT2D eigenvalue weighted by Crippen LogP contribution is -2.41. The van der Waals surface area contributed by atoms with Crippen molar-refractivity contribution in [2.45, 2.75) is 33.1 Å². The number of benzene rings is 1. The molecule has 30 heavy (non-hydrogen) atoms. The number of nitrogens with one attached hydrogen (secondary N) is 1. The van der Waals surface area contributed by atoms with E-state index in [1.165, 1.54) is 18.4 Å². The lowest BCUT2D eigenvalue weighted by atomic mass is 9.96. The largest absolute Gasteiger partial charge is 0.465 e. The van der Waals surface area contributed by atoms with Gasteiger partial charge in [0.1, 0.15) is 10.6 Å². The minimum Gasteiger partial charge on any atom is -0.465 e. The second-order valence-corrected chi connectivity index (χ2v) is 8.58. The number of anilines is 1. The fourth-order valence-corrected chi connectivity index (χ4v) is 4.82. The summed E-state index contributed by atoms with van der Waals surface area (Å²) in [5.74, 6) is -0.702. The number of rotatable bonds is 6. The average Bonchev–Trinajstić information content (AvgIpc) is 3.16. The van der Waals surface area contributed by atoms with E-state index in [-0.39, 0.29) is 11.8 Å². The first kappa shape index (κ1) is 22.0. The van der Waals surface area contributed by atoms with Crippen LogP contribution in [-0.2, 0) is 9.53 Å². The second-order valence-electron chi connectivity index (χ2n) is 7.70. The van der Waals surface area contributed by atoms with Gasteiger partial charge >= 0.3 is 5.97 Å². The first-order chi connectivity index (χ1) is 14.4. The van der Waals surface area contributed by atoms with Crippen LogP contribution < -0.4 is 5.32 Å². The highest BCUT2D eigenvalue weighted by molar-refractivity contribution is 7.15. The number of carbonyl (C=O) groups is 2. The van der Waals surface area contributed by atoms with Gasteiger partial charge in [-0.05, 0) is 44.4 Å². The van der Waals surface area contributed by atoms with Crippen molar-refractivity contribution in [2.24, 2.45) is 5.92 Å². The van der Waals surface area contributed by atoms with E-state index >= 15 is 0 Å². The van der Waals surface area contributed by atoms with E-state index in [1.54, 1.807) is 0 Å². The summed E-state index contributed by atoms with van der Waals surface area (Å²) in [6.07, 6.45) is 2.19. The molecule has 0 radical (unpaired) electrons. The molecular formula is C23H27N3O3S. The molecule has 1 saturated heterocycles. The molecule has 158 valence electrons. The third kappa shape index (κ3) is 4.89. The number of hydrogen-bond donors (Lipinski definition) is 1. The number of carbonyl (C=O) groups excluding carboxylic acids is 2. The number of esters is 1. The van der Waals surface area contributed by atoms with Gasteiger partial charge in [0.05, 0.1) is 19.1 Å². The molecule has 0 saturated carbocycles. The van der Waals surface area contributed by atoms with Crippen molar-refractivity contribution >= 4 is 28.2 Å². The quantitative estimate of drug-likeness (QED) is 0.695. The smallest absolute Gasteiger partial charge is 0.341 e. The normalized spacial score (nSPS) is 16.7. The van der Waals surface area contributed by atoms with Crippen molar-refractivity contribution in [3.05, 3.63) is 40.3 Å². The lowest BCUT2D eigenvalue weighted by Gasteiger charge is -2.31. The Bertz CT molecular complexity index is 977. The number of aryl methyl sites for hydroxylation is 2. The van der Waals surface area contributed by atoms with Crippen LogP contribution in [0, 0.1) is 31.1 Å². The standard InChI is InChI=1S/C23H27N3O3S/c1-15-7-8-16(2)18(12-15)19-14-30-22(20(19)23(28)29-3)25-21(27)17-6-4-10-26(13-17)11-5-9-24/h7-8,12,14,17H,4-6,10-11,13H2,1-3H3,(H,25,27). The van der Waals surface area contributed by atoms with Gasteiger partial charge in [-0.2, -0.15) is 5.26 Å². The van der Waals surface area contributed by atoms with E-state index in [2.05, 4.69) is 16.3 Å². The summed E-state index contributed by atoms with van der Waals surface area (Å²) in [7, 11) is 1.35. The van der Waals surface area contributed by atoms with Gasteiger partial charge in [0, 0.05) is 30.5 Å². The molecule has 1 unspecified atom stereocenters. The molecule has 0 aliphatic carbocycles. The molecule has 3 rings (SSSR count). The number of likely N-dealkylation sites (tertiary alicyclic amines) is 1. The van der Waals surface area contributed by atoms with Crippen molar-refractivity contribution in [1.29, 1.82) is 5.26 Å². The van der Waals surface area contributed by atoms with Crippen LogP contribution in [0.25, 0.3) is 11.1 Å². The van der Waals surface area contributed by atoms with Crippen molar-refractivity contribution in [2.75, 3.05) is 32.1 Å². The topological polar surface area (TPSA) is 82.4 Å². The van der Waals surface area contributed by atoms with Gasteiger partial charge in [0.2, 0.25) is 5.91 Å². The second kappa shape index (κ2) is 9.88. The van der Waals surface area contributed by atoms with Gasteiger partial charge in [-0.15, -0.1) is 11.3 Å². The van der Waals surface area contributed by atoms with E-state index < -0.39 is 5.97 Å². The highest BCUT2D eigenvalue weighted by Gasteiger charge is 2.28. The SMILES string of the molecule is COC(=O)c1c(-c2cc(C)ccc2C)csc1NC(=O)C1CCCN(CCC#N)C1. The molecule has 2 aromatic rings. The summed E-state index contributed by atoms with van der Waals surface area (Å²) in [4.78, 5) is 27.7. The molecule has 0 bridgehead atoms. The zero-order valence-corrected chi connectivity index (χ0v) is 18.5. The maximum Gasteiger partial charge on any atom is 0.341 e. The van der Waals surface area contributed by atoms with Gasteiger partial charge in [0.25, 0.3) is 0 Å². The maximum absolute atomic E-state index is 13.0. The zero-order chi connectivity index (χ0) is 21.7. The third-order valence-corrected chi connectivity index (χ3v) is 6.41. The summed E-state index contributed by atoms with van der Waals surface area (Å²) in [6.45, 7) is 6.25. The Labute approximate surface area is 181 Å². The summed E-state index contributed by atoms with van der Waals surface area (Å²) in [5, 5.41) is 14.2. The minimum absolute atomic E-state index is 0.0869. The van der Waals surface area contributed by atoms with Crippen molar-refractivity contribution < 1.29 is 14.3 Å². The fraction of sp³-hybridized carbons (Fsp3) is 0.435. The van der Waals surface area contributed by atoms with Crippen LogP contribution in [0.15, 0.2) is 23.6 Å². The Balaban J connectivity index is 1.85. The van der Waals surface area contributed by atoms with Crippen molar-refractivity contribution in [3.63, 3.8) is 0 Å². The van der Waals surface area contributed by atoms with E-state index in [9.17, 15) is 9.59 Å². The van der Waals surface area contributed by atoms with E-state index in [0.717, 1.165) is 41.6 Å². The summed E-state index contributed by atoms with van der Waals surface area (Å²) in [6, 6.07) is 8.27. The molecule has 7 heteroatoms. The molecule has 1 aliphatic rings. The van der Waals surface area contributed by atoms with Gasteiger partial charge in [-0.25, -0.2) is 4.79 Å². The highest BCUT2D eigenvalue weighted by atomic mass is 32.1. The van der Waals surface area contributed by atoms with Gasteiger partial charge < -0.3 is 15.0 Å². The number of methoxy groups -OCH3 is 1. The number of nitriles is 1. The minimum atomic E-state index is -0.457. The molecule has 2 heterocycles. The maximum atomic E-state index is 13.0. The molecule has 1 aromatic carbocycles. The van der Waals surface area contributed by atoms with Gasteiger partial charge in [-0.3, -0.25) is 4.79 Å². The predicted octanol–water partition coefficient (Wildman–Crippen LogP) is 4.38. The van der Waals surface area contributed by atoms with Crippen LogP contribution >= 0.6 is 11.3 Å². The summed E-state index contributed by atoms with van der Waals surface area (Å²) in [5.41, 5.74) is 4.31. The molecule has 1 amide bonds. The molecule has 1 aliphatic heterocycles. The number of thiophene rings is 1. The summed E-state index contributed by atoms with van der Waals surface area (Å²) >= 11 is 1.35. The van der Waals surface area contributed by atoms with Crippen LogP contribution in [0.3, 0.4) is 0 Å². The molecule has 0 spiro atoms. The molecule has 6 nitrogen and oxygen atoms in total. The fourth-order valence-electron chi connectivity index (χ4n) is 3.87. The number of amides is 1. The van der Waals surface area contributed by atoms with Crippen LogP contribution in [0.4, 0.5) is 5.00 Å². The Morgan fingerprint density at radius 3 is 2.87 bits per heavy atom. The van der Waals surface area contributed by atoms with E-state index in [1.807, 2.05) is 37.4 Å². The monoisotopic (exact) mass is 425 g/mol. The van der Waals surface area contributed by atoms with E-state index in [4.69, 9.17) is 10.00 Å². The third-order valence-electron chi connectivity index (χ3n) is 5.52. The van der Waals surface area contributed by atoms with E-state index in [0.29, 0.717) is 30.1 Å². The van der Waals surface area contributed by atoms with Gasteiger partial charge in [-0.1, -0.05) is 23.8 Å². The average molecular weight is 426 g/mol. The van der Waals surface area contributed by atoms with Crippen LogP contribution in [0.1, 0.15) is 40.7 Å². The Morgan fingerprint density at radius 2 is 2.13 bits per heavy atom. The van der Waals surface area contributed by atoms with Crippen molar-refractivity contribution in [3.8, 4) is 17.2 Å². The first-order valence-electron chi connectivity index (χ1n) is 10.1. The number of hydrogen-bond acceptors (Lipinski definition) is 6. The molecule has 1 aromatic heterocycles. The highest BCUT2D eigenvalue weighted by Crippen LogP contribution is 2.38. The van der Waals surface area contributed by atoms with Crippen LogP contribution in [0.5, 0.6) is 0 Å². The zero-order valence-electron chi connectivity index (χ0n) is 17.7. The first-order valence-corrected chi connectivity index (χ1v) is 11.0. The Hall–Kier alpha value is -2.69. The summed E-state index contributed by atoms with van der Waals surface area (Å²) < 4.78 is 5.03.